The van der Waals surface area contributed by atoms with Gasteiger partial charge < -0.3 is 30.0 Å². The highest BCUT2D eigenvalue weighted by atomic mass is 32.1. The Morgan fingerprint density at radius 2 is 1.66 bits per heavy atom. The molecule has 4 aromatic rings. The zero-order valence-corrected chi connectivity index (χ0v) is 17.5. The van der Waals surface area contributed by atoms with Gasteiger partial charge in [0.15, 0.2) is 23.0 Å². The van der Waals surface area contributed by atoms with Gasteiger partial charge in [0, 0.05) is 22.7 Å². The second-order valence-electron chi connectivity index (χ2n) is 7.27. The fraction of sp³-hybridized carbons (Fsp3) is 0.130. The zero-order chi connectivity index (χ0) is 21.7. The maximum atomic E-state index is 12.9. The maximum Gasteiger partial charge on any atom is 0.267 e. The molecule has 8 nitrogen and oxygen atoms in total. The fourth-order valence-electron chi connectivity index (χ4n) is 3.69. The van der Waals surface area contributed by atoms with Crippen LogP contribution in [0.5, 0.6) is 23.0 Å². The molecule has 0 radical (unpaired) electrons. The third-order valence-corrected chi connectivity index (χ3v) is 6.38. The van der Waals surface area contributed by atoms with Crippen LogP contribution in [-0.2, 0) is 0 Å². The van der Waals surface area contributed by atoms with Crippen LogP contribution in [-0.4, -0.2) is 30.9 Å². The van der Waals surface area contributed by atoms with Gasteiger partial charge in [-0.05, 0) is 42.5 Å². The summed E-state index contributed by atoms with van der Waals surface area (Å²) < 4.78 is 21.9. The third-order valence-electron chi connectivity index (χ3n) is 5.27. The van der Waals surface area contributed by atoms with E-state index in [2.05, 4.69) is 5.32 Å². The summed E-state index contributed by atoms with van der Waals surface area (Å²) in [7, 11) is 0. The quantitative estimate of drug-likeness (QED) is 0.482. The van der Waals surface area contributed by atoms with Gasteiger partial charge in [0.05, 0.1) is 11.4 Å². The molecule has 0 atom stereocenters. The summed E-state index contributed by atoms with van der Waals surface area (Å²) in [4.78, 5) is 18.8. The average molecular weight is 447 g/mol. The van der Waals surface area contributed by atoms with E-state index in [1.54, 1.807) is 18.2 Å². The molecule has 160 valence electrons. The van der Waals surface area contributed by atoms with Crippen LogP contribution < -0.4 is 30.0 Å². The van der Waals surface area contributed by atoms with Crippen molar-refractivity contribution in [1.82, 2.24) is 4.98 Å². The number of ether oxygens (including phenoxy) is 4. The van der Waals surface area contributed by atoms with Crippen molar-refractivity contribution >= 4 is 38.8 Å². The summed E-state index contributed by atoms with van der Waals surface area (Å²) in [5, 5.41) is 3.62. The second kappa shape index (κ2) is 7.31. The van der Waals surface area contributed by atoms with E-state index in [-0.39, 0.29) is 12.7 Å². The summed E-state index contributed by atoms with van der Waals surface area (Å²) in [6.45, 7) is 1.21. The minimum Gasteiger partial charge on any atom is -0.486 e. The number of carbonyl (C=O) groups excluding carboxylic acids is 1. The first-order chi connectivity index (χ1) is 15.7. The lowest BCUT2D eigenvalue weighted by molar-refractivity contribution is 0.103. The number of amides is 1. The van der Waals surface area contributed by atoms with Crippen LogP contribution in [0.3, 0.4) is 0 Å². The van der Waals surface area contributed by atoms with Gasteiger partial charge in [-0.25, -0.2) is 4.98 Å². The molecule has 32 heavy (non-hydrogen) atoms. The lowest BCUT2D eigenvalue weighted by Gasteiger charge is -2.18. The normalized spacial score (nSPS) is 13.9. The summed E-state index contributed by atoms with van der Waals surface area (Å²) in [5.41, 5.74) is 8.96. The van der Waals surface area contributed by atoms with Gasteiger partial charge in [0.2, 0.25) is 6.79 Å². The molecule has 6 rings (SSSR count). The number of benzene rings is 2. The molecule has 0 bridgehead atoms. The fourth-order valence-corrected chi connectivity index (χ4v) is 4.68. The highest BCUT2D eigenvalue weighted by molar-refractivity contribution is 7.21. The van der Waals surface area contributed by atoms with Crippen LogP contribution in [0.15, 0.2) is 48.5 Å². The van der Waals surface area contributed by atoms with Gasteiger partial charge in [-0.15, -0.1) is 11.3 Å². The molecule has 3 N–H and O–H groups in total. The molecule has 0 unspecified atom stereocenters. The number of nitrogen functional groups attached to an aromatic ring is 1. The van der Waals surface area contributed by atoms with Gasteiger partial charge in [-0.2, -0.15) is 0 Å². The minimum atomic E-state index is -0.299. The molecule has 0 saturated carbocycles. The number of pyridine rings is 1. The Bertz CT molecular complexity index is 1380. The number of hydrogen-bond donors (Lipinski definition) is 2. The van der Waals surface area contributed by atoms with Gasteiger partial charge in [0.1, 0.15) is 22.9 Å². The number of hydrogen-bond acceptors (Lipinski definition) is 8. The van der Waals surface area contributed by atoms with Crippen molar-refractivity contribution < 1.29 is 23.7 Å². The first kappa shape index (κ1) is 18.8. The molecule has 0 spiro atoms. The maximum absolute atomic E-state index is 12.9. The van der Waals surface area contributed by atoms with E-state index in [1.165, 1.54) is 11.3 Å². The van der Waals surface area contributed by atoms with E-state index >= 15 is 0 Å². The van der Waals surface area contributed by atoms with Crippen molar-refractivity contribution in [2.45, 2.75) is 0 Å². The monoisotopic (exact) mass is 447 g/mol. The van der Waals surface area contributed by atoms with Crippen LogP contribution in [0, 0.1) is 0 Å². The first-order valence-electron chi connectivity index (χ1n) is 9.96. The second-order valence-corrected chi connectivity index (χ2v) is 8.27. The summed E-state index contributed by atoms with van der Waals surface area (Å²) in [6, 6.07) is 14.7. The average Bonchev–Trinajstić information content (AvgIpc) is 3.42. The van der Waals surface area contributed by atoms with Crippen molar-refractivity contribution in [2.24, 2.45) is 0 Å². The van der Waals surface area contributed by atoms with Gasteiger partial charge in [-0.1, -0.05) is 0 Å². The van der Waals surface area contributed by atoms with Crippen molar-refractivity contribution in [2.75, 3.05) is 31.1 Å². The number of rotatable bonds is 3. The molecule has 2 aromatic heterocycles. The van der Waals surface area contributed by atoms with E-state index < -0.39 is 0 Å². The number of nitrogens with zero attached hydrogens (tertiary/aromatic N) is 1. The predicted octanol–water partition coefficient (Wildman–Crippen LogP) is 4.30. The van der Waals surface area contributed by atoms with Crippen LogP contribution in [0.4, 0.5) is 11.4 Å². The molecule has 9 heteroatoms. The molecule has 2 aromatic carbocycles. The van der Waals surface area contributed by atoms with E-state index in [0.717, 1.165) is 16.6 Å². The Balaban J connectivity index is 1.30. The molecular formula is C23H17N3O5S. The summed E-state index contributed by atoms with van der Waals surface area (Å²) in [5.74, 6) is 2.37. The van der Waals surface area contributed by atoms with E-state index in [9.17, 15) is 4.79 Å². The van der Waals surface area contributed by atoms with E-state index in [0.29, 0.717) is 57.3 Å². The van der Waals surface area contributed by atoms with E-state index in [4.69, 9.17) is 29.7 Å². The highest BCUT2D eigenvalue weighted by Gasteiger charge is 2.20. The van der Waals surface area contributed by atoms with Crippen molar-refractivity contribution in [3.05, 3.63) is 53.4 Å². The first-order valence-corrected chi connectivity index (χ1v) is 10.8. The standard InChI is InChI=1S/C23H17N3O5S/c24-20-14-3-4-15(12-1-5-17-18(9-12)31-11-30-17)26-23(14)32-21(20)22(27)25-13-2-6-16-19(10-13)29-8-7-28-16/h1-6,9-10H,7-8,11,24H2,(H,25,27). The molecule has 2 aliphatic heterocycles. The number of aromatic nitrogens is 1. The summed E-state index contributed by atoms with van der Waals surface area (Å²) in [6.07, 6.45) is 0. The largest absolute Gasteiger partial charge is 0.486 e. The smallest absolute Gasteiger partial charge is 0.267 e. The molecule has 0 aliphatic carbocycles. The Morgan fingerprint density at radius 3 is 2.56 bits per heavy atom. The van der Waals surface area contributed by atoms with Crippen molar-refractivity contribution in [3.8, 4) is 34.3 Å². The number of carbonyl (C=O) groups is 1. The number of nitrogens with two attached hydrogens (primary N) is 1. The molecule has 4 heterocycles. The van der Waals surface area contributed by atoms with Crippen LogP contribution in [0.25, 0.3) is 21.5 Å². The number of fused-ring (bicyclic) bond motifs is 3. The van der Waals surface area contributed by atoms with Crippen LogP contribution in [0.2, 0.25) is 0 Å². The molecule has 0 fully saturated rings. The lowest BCUT2D eigenvalue weighted by atomic mass is 10.1. The Morgan fingerprint density at radius 1 is 0.906 bits per heavy atom. The van der Waals surface area contributed by atoms with Gasteiger partial charge in [0.25, 0.3) is 5.91 Å². The van der Waals surface area contributed by atoms with Crippen LogP contribution in [0.1, 0.15) is 9.67 Å². The molecular weight excluding hydrogens is 430 g/mol. The Kier molecular flexibility index (Phi) is 4.29. The third kappa shape index (κ3) is 3.14. The van der Waals surface area contributed by atoms with Crippen molar-refractivity contribution in [3.63, 3.8) is 0 Å². The molecule has 2 aliphatic rings. The Labute approximate surface area is 186 Å². The lowest BCUT2D eigenvalue weighted by Crippen LogP contribution is -2.16. The van der Waals surface area contributed by atoms with Gasteiger partial charge in [-0.3, -0.25) is 4.79 Å². The molecule has 1 amide bonds. The SMILES string of the molecule is Nc1c(C(=O)Nc2ccc3c(c2)OCCO3)sc2nc(-c3ccc4c(c3)OCO4)ccc12. The topological polar surface area (TPSA) is 105 Å². The zero-order valence-electron chi connectivity index (χ0n) is 16.7. The highest BCUT2D eigenvalue weighted by Crippen LogP contribution is 2.38. The van der Waals surface area contributed by atoms with Crippen molar-refractivity contribution in [1.29, 1.82) is 0 Å². The molecule has 0 saturated heterocycles. The van der Waals surface area contributed by atoms with Crippen LogP contribution >= 0.6 is 11.3 Å². The van der Waals surface area contributed by atoms with E-state index in [1.807, 2.05) is 30.3 Å². The predicted molar refractivity (Wildman–Crippen MR) is 121 cm³/mol. The number of thiophene rings is 1. The Hall–Kier alpha value is -3.98. The summed E-state index contributed by atoms with van der Waals surface area (Å²) >= 11 is 1.25. The number of nitrogens with one attached hydrogen (secondary N) is 1. The minimum absolute atomic E-state index is 0.217. The van der Waals surface area contributed by atoms with Gasteiger partial charge >= 0.3 is 0 Å². The number of anilines is 2.